The lowest BCUT2D eigenvalue weighted by molar-refractivity contribution is -0.116. The van der Waals surface area contributed by atoms with E-state index in [2.05, 4.69) is 10.3 Å². The van der Waals surface area contributed by atoms with Crippen LogP contribution in [0.1, 0.15) is 34.3 Å². The fraction of sp³-hybridized carbons (Fsp3) is 0.211. The summed E-state index contributed by atoms with van der Waals surface area (Å²) in [5.74, 6) is -0.955. The molecule has 1 heterocycles. The van der Waals surface area contributed by atoms with Crippen molar-refractivity contribution in [2.75, 3.05) is 5.32 Å². The third-order valence-corrected chi connectivity index (χ3v) is 3.98. The smallest absolute Gasteiger partial charge is 0.408 e. The van der Waals surface area contributed by atoms with Gasteiger partial charge < -0.3 is 9.73 Å². The quantitative estimate of drug-likeness (QED) is 0.698. The summed E-state index contributed by atoms with van der Waals surface area (Å²) in [6.07, 6.45) is 0.165. The summed E-state index contributed by atoms with van der Waals surface area (Å²) < 4.78 is 4.94. The number of aromatic amines is 1. The Bertz CT molecular complexity index is 1010. The lowest BCUT2D eigenvalue weighted by atomic mass is 10.1. The van der Waals surface area contributed by atoms with Gasteiger partial charge in [-0.3, -0.25) is 14.6 Å². The number of benzene rings is 2. The standard InChI is InChI=1S/C19H18N2O4/c1-11-3-5-14(12(2)9-11)20-18(23)8-7-16(22)13-4-6-15-17(10-13)25-19(24)21-15/h3-6,9-10H,7-8H2,1-2H3,(H,20,23)(H,21,24). The second kappa shape index (κ2) is 6.76. The maximum absolute atomic E-state index is 12.3. The summed E-state index contributed by atoms with van der Waals surface area (Å²) in [5, 5.41) is 2.82. The molecule has 2 aromatic carbocycles. The van der Waals surface area contributed by atoms with Crippen LogP contribution in [0, 0.1) is 13.8 Å². The van der Waals surface area contributed by atoms with E-state index in [1.165, 1.54) is 6.07 Å². The summed E-state index contributed by atoms with van der Waals surface area (Å²) in [6, 6.07) is 10.5. The minimum absolute atomic E-state index is 0.0803. The molecule has 0 aliphatic rings. The molecule has 0 aliphatic carbocycles. The molecule has 0 unspecified atom stereocenters. The van der Waals surface area contributed by atoms with E-state index in [-0.39, 0.29) is 24.5 Å². The van der Waals surface area contributed by atoms with E-state index in [0.29, 0.717) is 16.7 Å². The van der Waals surface area contributed by atoms with E-state index >= 15 is 0 Å². The van der Waals surface area contributed by atoms with Gasteiger partial charge in [0.25, 0.3) is 0 Å². The molecule has 0 radical (unpaired) electrons. The summed E-state index contributed by atoms with van der Waals surface area (Å²) in [7, 11) is 0. The zero-order valence-electron chi connectivity index (χ0n) is 14.0. The molecular formula is C19H18N2O4. The molecule has 6 heteroatoms. The van der Waals surface area contributed by atoms with Crippen molar-refractivity contribution in [1.29, 1.82) is 0 Å². The second-order valence-electron chi connectivity index (χ2n) is 6.02. The number of fused-ring (bicyclic) bond motifs is 1. The summed E-state index contributed by atoms with van der Waals surface area (Å²) >= 11 is 0. The third-order valence-electron chi connectivity index (χ3n) is 3.98. The molecule has 2 N–H and O–H groups in total. The van der Waals surface area contributed by atoms with Gasteiger partial charge in [-0.1, -0.05) is 17.7 Å². The van der Waals surface area contributed by atoms with E-state index in [9.17, 15) is 14.4 Å². The molecule has 0 aliphatic heterocycles. The van der Waals surface area contributed by atoms with Crippen molar-refractivity contribution in [3.63, 3.8) is 0 Å². The first-order chi connectivity index (χ1) is 11.9. The van der Waals surface area contributed by atoms with Gasteiger partial charge in [0, 0.05) is 24.1 Å². The van der Waals surface area contributed by atoms with Crippen LogP contribution in [0.15, 0.2) is 45.6 Å². The first kappa shape index (κ1) is 16.7. The molecule has 6 nitrogen and oxygen atoms in total. The molecule has 1 amide bonds. The van der Waals surface area contributed by atoms with Gasteiger partial charge in [-0.05, 0) is 43.7 Å². The topological polar surface area (TPSA) is 92.2 Å². The van der Waals surface area contributed by atoms with Gasteiger partial charge in [0.15, 0.2) is 11.4 Å². The Morgan fingerprint density at radius 3 is 2.64 bits per heavy atom. The Kier molecular flexibility index (Phi) is 4.52. The number of amides is 1. The van der Waals surface area contributed by atoms with Gasteiger partial charge in [-0.25, -0.2) is 4.79 Å². The minimum Gasteiger partial charge on any atom is -0.408 e. The molecule has 0 bridgehead atoms. The number of H-pyrrole nitrogens is 1. The van der Waals surface area contributed by atoms with Crippen molar-refractivity contribution in [3.8, 4) is 0 Å². The molecule has 3 rings (SSSR count). The molecule has 3 aromatic rings. The van der Waals surface area contributed by atoms with Crippen molar-refractivity contribution in [2.24, 2.45) is 0 Å². The maximum Gasteiger partial charge on any atom is 0.417 e. The fourth-order valence-corrected chi connectivity index (χ4v) is 2.66. The van der Waals surface area contributed by atoms with Crippen LogP contribution in [0.5, 0.6) is 0 Å². The number of aromatic nitrogens is 1. The molecule has 1 aromatic heterocycles. The lowest BCUT2D eigenvalue weighted by Crippen LogP contribution is -2.14. The van der Waals surface area contributed by atoms with E-state index in [0.717, 1.165) is 16.8 Å². The highest BCUT2D eigenvalue weighted by atomic mass is 16.4. The Balaban J connectivity index is 1.62. The van der Waals surface area contributed by atoms with Gasteiger partial charge in [-0.2, -0.15) is 0 Å². The normalized spacial score (nSPS) is 10.8. The SMILES string of the molecule is Cc1ccc(NC(=O)CCC(=O)c2ccc3[nH]c(=O)oc3c2)c(C)c1. The summed E-state index contributed by atoms with van der Waals surface area (Å²) in [6.45, 7) is 3.91. The Morgan fingerprint density at radius 2 is 1.88 bits per heavy atom. The van der Waals surface area contributed by atoms with Crippen LogP contribution >= 0.6 is 0 Å². The number of ketones is 1. The van der Waals surface area contributed by atoms with Gasteiger partial charge in [0.05, 0.1) is 5.52 Å². The highest BCUT2D eigenvalue weighted by Gasteiger charge is 2.12. The van der Waals surface area contributed by atoms with Crippen molar-refractivity contribution < 1.29 is 14.0 Å². The largest absolute Gasteiger partial charge is 0.417 e. The average molecular weight is 338 g/mol. The number of carbonyl (C=O) groups excluding carboxylic acids is 2. The molecule has 0 saturated carbocycles. The minimum atomic E-state index is -0.563. The van der Waals surface area contributed by atoms with Crippen molar-refractivity contribution in [1.82, 2.24) is 4.98 Å². The maximum atomic E-state index is 12.3. The van der Waals surface area contributed by atoms with Crippen LogP contribution in [-0.2, 0) is 4.79 Å². The van der Waals surface area contributed by atoms with E-state index < -0.39 is 5.76 Å². The lowest BCUT2D eigenvalue weighted by Gasteiger charge is -2.09. The first-order valence-corrected chi connectivity index (χ1v) is 7.95. The van der Waals surface area contributed by atoms with E-state index in [4.69, 9.17) is 4.42 Å². The molecule has 0 fully saturated rings. The van der Waals surface area contributed by atoms with Crippen molar-refractivity contribution >= 4 is 28.5 Å². The predicted octanol–water partition coefficient (Wildman–Crippen LogP) is 3.34. The molecule has 128 valence electrons. The first-order valence-electron chi connectivity index (χ1n) is 7.95. The van der Waals surface area contributed by atoms with E-state index in [1.807, 2.05) is 32.0 Å². The van der Waals surface area contributed by atoms with Crippen LogP contribution in [-0.4, -0.2) is 16.7 Å². The van der Waals surface area contributed by atoms with Crippen LogP contribution in [0.4, 0.5) is 5.69 Å². The number of nitrogens with one attached hydrogen (secondary N) is 2. The zero-order chi connectivity index (χ0) is 18.0. The molecule has 0 saturated heterocycles. The van der Waals surface area contributed by atoms with E-state index in [1.54, 1.807) is 12.1 Å². The molecule has 0 atom stereocenters. The number of carbonyl (C=O) groups is 2. The number of rotatable bonds is 5. The number of hydrogen-bond donors (Lipinski definition) is 2. The van der Waals surface area contributed by atoms with Gasteiger partial charge >= 0.3 is 5.76 Å². The Hall–Kier alpha value is -3.15. The number of oxazole rings is 1. The highest BCUT2D eigenvalue weighted by molar-refractivity contribution is 6.01. The predicted molar refractivity (Wildman–Crippen MR) is 94.9 cm³/mol. The number of Topliss-reactive ketones (excluding diaryl/α,β-unsaturated/α-hetero) is 1. The number of anilines is 1. The van der Waals surface area contributed by atoms with Crippen molar-refractivity contribution in [3.05, 3.63) is 63.6 Å². The molecular weight excluding hydrogens is 320 g/mol. The monoisotopic (exact) mass is 338 g/mol. The summed E-state index contributed by atoms with van der Waals surface area (Å²) in [5.41, 5.74) is 4.13. The average Bonchev–Trinajstić information content (AvgIpc) is 2.94. The van der Waals surface area contributed by atoms with Crippen molar-refractivity contribution in [2.45, 2.75) is 26.7 Å². The van der Waals surface area contributed by atoms with Gasteiger partial charge in [0.1, 0.15) is 0 Å². The van der Waals surface area contributed by atoms with Crippen LogP contribution in [0.2, 0.25) is 0 Å². The van der Waals surface area contributed by atoms with Crippen LogP contribution < -0.4 is 11.1 Å². The summed E-state index contributed by atoms with van der Waals surface area (Å²) in [4.78, 5) is 38.0. The second-order valence-corrected chi connectivity index (χ2v) is 6.02. The van der Waals surface area contributed by atoms with Crippen LogP contribution in [0.25, 0.3) is 11.1 Å². The Morgan fingerprint density at radius 1 is 1.08 bits per heavy atom. The fourth-order valence-electron chi connectivity index (χ4n) is 2.66. The zero-order valence-corrected chi connectivity index (χ0v) is 14.0. The third kappa shape index (κ3) is 3.85. The molecule has 25 heavy (non-hydrogen) atoms. The van der Waals surface area contributed by atoms with Gasteiger partial charge in [0.2, 0.25) is 5.91 Å². The number of aryl methyl sites for hydroxylation is 2. The Labute approximate surface area is 143 Å². The molecule has 0 spiro atoms. The van der Waals surface area contributed by atoms with Gasteiger partial charge in [-0.15, -0.1) is 0 Å². The number of hydrogen-bond acceptors (Lipinski definition) is 4. The van der Waals surface area contributed by atoms with Crippen LogP contribution in [0.3, 0.4) is 0 Å². The highest BCUT2D eigenvalue weighted by Crippen LogP contribution is 2.17.